The number of likely N-dealkylation sites (tertiary alicyclic amines) is 1. The van der Waals surface area contributed by atoms with Gasteiger partial charge in [0.25, 0.3) is 0 Å². The fourth-order valence-corrected chi connectivity index (χ4v) is 4.24. The van der Waals surface area contributed by atoms with E-state index in [0.29, 0.717) is 18.3 Å². The molecule has 2 aromatic heterocycles. The first-order valence-corrected chi connectivity index (χ1v) is 10.6. The molecule has 0 bridgehead atoms. The van der Waals surface area contributed by atoms with Crippen molar-refractivity contribution in [1.82, 2.24) is 15.0 Å². The molecule has 1 N–H and O–H groups in total. The van der Waals surface area contributed by atoms with Gasteiger partial charge in [0.2, 0.25) is 17.6 Å². The average molecular weight is 397 g/mol. The van der Waals surface area contributed by atoms with Crippen molar-refractivity contribution in [3.8, 4) is 10.7 Å². The van der Waals surface area contributed by atoms with Crippen molar-refractivity contribution in [2.45, 2.75) is 32.1 Å². The maximum atomic E-state index is 12.4. The van der Waals surface area contributed by atoms with Gasteiger partial charge in [0, 0.05) is 11.6 Å². The summed E-state index contributed by atoms with van der Waals surface area (Å²) in [4.78, 5) is 20.2. The Hall–Kier alpha value is -2.51. The largest absolute Gasteiger partial charge is 0.339 e. The van der Waals surface area contributed by atoms with Crippen LogP contribution in [0.3, 0.4) is 0 Å². The summed E-state index contributed by atoms with van der Waals surface area (Å²) in [7, 11) is 0. The highest BCUT2D eigenvalue weighted by Gasteiger charge is 2.26. The van der Waals surface area contributed by atoms with E-state index in [1.807, 2.05) is 35.7 Å². The van der Waals surface area contributed by atoms with Gasteiger partial charge in [-0.15, -0.1) is 11.3 Å². The van der Waals surface area contributed by atoms with Gasteiger partial charge in [0.15, 0.2) is 0 Å². The Labute approximate surface area is 168 Å². The molecule has 1 aromatic carbocycles. The van der Waals surface area contributed by atoms with E-state index in [9.17, 15) is 4.79 Å². The summed E-state index contributed by atoms with van der Waals surface area (Å²) < 4.78 is 5.50. The van der Waals surface area contributed by atoms with Crippen molar-refractivity contribution in [3.05, 3.63) is 53.2 Å². The third-order valence-electron chi connectivity index (χ3n) is 5.16. The first-order chi connectivity index (χ1) is 13.7. The van der Waals surface area contributed by atoms with Gasteiger partial charge in [-0.3, -0.25) is 9.69 Å². The maximum Gasteiger partial charge on any atom is 0.238 e. The summed E-state index contributed by atoms with van der Waals surface area (Å²) in [5.41, 5.74) is 2.07. The van der Waals surface area contributed by atoms with Crippen molar-refractivity contribution in [1.29, 1.82) is 0 Å². The monoisotopic (exact) mass is 396 g/mol. The molecule has 0 unspecified atom stereocenters. The number of nitrogens with zero attached hydrogens (tertiary/aromatic N) is 3. The number of nitrogens with one attached hydrogen (secondary N) is 1. The van der Waals surface area contributed by atoms with Crippen molar-refractivity contribution in [3.63, 3.8) is 0 Å². The number of piperidine rings is 1. The number of para-hydroxylation sites is 1. The molecule has 0 atom stereocenters. The highest BCUT2D eigenvalue weighted by atomic mass is 32.1. The van der Waals surface area contributed by atoms with E-state index in [-0.39, 0.29) is 11.8 Å². The maximum absolute atomic E-state index is 12.4. The number of aryl methyl sites for hydroxylation is 1. The lowest BCUT2D eigenvalue weighted by atomic mass is 9.97. The number of hydrogen-bond acceptors (Lipinski definition) is 6. The van der Waals surface area contributed by atoms with E-state index < -0.39 is 0 Å². The third-order valence-corrected chi connectivity index (χ3v) is 6.03. The van der Waals surface area contributed by atoms with Gasteiger partial charge < -0.3 is 9.84 Å². The van der Waals surface area contributed by atoms with Crippen LogP contribution < -0.4 is 5.32 Å². The Morgan fingerprint density at radius 2 is 2.07 bits per heavy atom. The van der Waals surface area contributed by atoms with Crippen LogP contribution >= 0.6 is 11.3 Å². The number of anilines is 1. The molecular formula is C21H24N4O2S. The fourth-order valence-electron chi connectivity index (χ4n) is 3.59. The van der Waals surface area contributed by atoms with Crippen LogP contribution in [0.15, 0.2) is 46.3 Å². The summed E-state index contributed by atoms with van der Waals surface area (Å²) in [6.45, 7) is 4.21. The van der Waals surface area contributed by atoms with Crippen LogP contribution in [0.2, 0.25) is 0 Å². The van der Waals surface area contributed by atoms with Crippen molar-refractivity contribution >= 4 is 22.9 Å². The van der Waals surface area contributed by atoms with E-state index in [1.165, 1.54) is 0 Å². The lowest BCUT2D eigenvalue weighted by molar-refractivity contribution is -0.117. The summed E-state index contributed by atoms with van der Waals surface area (Å²) in [6, 6.07) is 11.9. The third kappa shape index (κ3) is 4.31. The van der Waals surface area contributed by atoms with E-state index >= 15 is 0 Å². The molecule has 1 fully saturated rings. The second-order valence-electron chi connectivity index (χ2n) is 7.04. The minimum Gasteiger partial charge on any atom is -0.339 e. The molecule has 0 radical (unpaired) electrons. The molecule has 0 aliphatic carbocycles. The Morgan fingerprint density at radius 3 is 2.82 bits per heavy atom. The number of thiophene rings is 1. The van der Waals surface area contributed by atoms with Gasteiger partial charge >= 0.3 is 0 Å². The predicted molar refractivity (Wildman–Crippen MR) is 110 cm³/mol. The normalized spacial score (nSPS) is 15.6. The van der Waals surface area contributed by atoms with Gasteiger partial charge in [-0.25, -0.2) is 0 Å². The molecule has 6 nitrogen and oxygen atoms in total. The number of carbonyl (C=O) groups is 1. The minimum absolute atomic E-state index is 0.0390. The molecule has 1 amide bonds. The highest BCUT2D eigenvalue weighted by molar-refractivity contribution is 7.13. The zero-order chi connectivity index (χ0) is 19.3. The summed E-state index contributed by atoms with van der Waals surface area (Å²) in [5.74, 6) is 1.68. The number of hydrogen-bond donors (Lipinski definition) is 1. The zero-order valence-corrected chi connectivity index (χ0v) is 16.7. The first kappa shape index (κ1) is 18.8. The molecule has 4 rings (SSSR count). The topological polar surface area (TPSA) is 71.3 Å². The molecule has 1 aliphatic rings. The molecular weight excluding hydrogens is 372 g/mol. The number of aromatic nitrogens is 2. The molecule has 0 spiro atoms. The van der Waals surface area contributed by atoms with Crippen LogP contribution in [0.25, 0.3) is 10.7 Å². The SMILES string of the molecule is CCc1ccccc1NC(=O)CN1CCC(c2nc(-c3cccs3)no2)CC1. The quantitative estimate of drug-likeness (QED) is 0.677. The highest BCUT2D eigenvalue weighted by Crippen LogP contribution is 2.29. The van der Waals surface area contributed by atoms with Crippen molar-refractivity contribution in [2.24, 2.45) is 0 Å². The first-order valence-electron chi connectivity index (χ1n) is 9.70. The van der Waals surface area contributed by atoms with E-state index in [0.717, 1.165) is 48.5 Å². The number of rotatable bonds is 6. The van der Waals surface area contributed by atoms with Gasteiger partial charge in [-0.05, 0) is 55.4 Å². The Kier molecular flexibility index (Phi) is 5.83. The Morgan fingerprint density at radius 1 is 1.25 bits per heavy atom. The van der Waals surface area contributed by atoms with Crippen LogP contribution in [-0.2, 0) is 11.2 Å². The summed E-state index contributed by atoms with van der Waals surface area (Å²) in [6.07, 6.45) is 2.75. The molecule has 146 valence electrons. The van der Waals surface area contributed by atoms with E-state index in [4.69, 9.17) is 4.52 Å². The van der Waals surface area contributed by atoms with Gasteiger partial charge in [-0.2, -0.15) is 4.98 Å². The Balaban J connectivity index is 1.29. The Bertz CT molecular complexity index is 914. The molecule has 28 heavy (non-hydrogen) atoms. The minimum atomic E-state index is 0.0390. The molecule has 1 aliphatic heterocycles. The van der Waals surface area contributed by atoms with Gasteiger partial charge in [0.1, 0.15) is 0 Å². The number of benzene rings is 1. The summed E-state index contributed by atoms with van der Waals surface area (Å²) >= 11 is 1.61. The molecule has 3 heterocycles. The second kappa shape index (κ2) is 8.67. The predicted octanol–water partition coefficient (Wildman–Crippen LogP) is 4.18. The molecule has 0 saturated carbocycles. The number of amides is 1. The summed E-state index contributed by atoms with van der Waals surface area (Å²) in [5, 5.41) is 9.17. The fraction of sp³-hybridized carbons (Fsp3) is 0.381. The van der Waals surface area contributed by atoms with Crippen LogP contribution in [0.1, 0.15) is 37.1 Å². The van der Waals surface area contributed by atoms with Gasteiger partial charge in [0.05, 0.1) is 11.4 Å². The zero-order valence-electron chi connectivity index (χ0n) is 15.9. The van der Waals surface area contributed by atoms with Crippen LogP contribution in [0.5, 0.6) is 0 Å². The van der Waals surface area contributed by atoms with Crippen LogP contribution in [-0.4, -0.2) is 40.6 Å². The van der Waals surface area contributed by atoms with E-state index in [1.54, 1.807) is 11.3 Å². The molecule has 7 heteroatoms. The average Bonchev–Trinajstić information content (AvgIpc) is 3.41. The van der Waals surface area contributed by atoms with Crippen LogP contribution in [0, 0.1) is 0 Å². The van der Waals surface area contributed by atoms with E-state index in [2.05, 4.69) is 33.3 Å². The van der Waals surface area contributed by atoms with Crippen molar-refractivity contribution in [2.75, 3.05) is 25.0 Å². The molecule has 1 saturated heterocycles. The van der Waals surface area contributed by atoms with Crippen LogP contribution in [0.4, 0.5) is 5.69 Å². The standard InChI is InChI=1S/C21H24N4O2S/c1-2-15-6-3-4-7-17(15)22-19(26)14-25-11-9-16(10-12-25)21-23-20(24-27-21)18-8-5-13-28-18/h3-8,13,16H,2,9-12,14H2,1H3,(H,22,26). The number of carbonyl (C=O) groups excluding carboxylic acids is 1. The van der Waals surface area contributed by atoms with Crippen molar-refractivity contribution < 1.29 is 9.32 Å². The second-order valence-corrected chi connectivity index (χ2v) is 7.99. The van der Waals surface area contributed by atoms with Gasteiger partial charge in [-0.1, -0.05) is 36.3 Å². The lowest BCUT2D eigenvalue weighted by Gasteiger charge is -2.29. The molecule has 3 aromatic rings. The lowest BCUT2D eigenvalue weighted by Crippen LogP contribution is -2.38. The smallest absolute Gasteiger partial charge is 0.238 e.